The zero-order valence-corrected chi connectivity index (χ0v) is 19.8. The average Bonchev–Trinajstić information content (AvgIpc) is 3.40. The van der Waals surface area contributed by atoms with Crippen LogP contribution in [-0.2, 0) is 19.5 Å². The standard InChI is InChI=1S/C24H29N5.HI/c1-25-24(29-14-12-22(19-29)16-20-8-4-2-5-9-20)27-17-23-26-13-15-28(23)18-21-10-6-3-7-11-21;/h2-11,13,15,22H,12,14,16-19H2,1H3,(H,25,27);1H. The van der Waals surface area contributed by atoms with E-state index in [1.165, 1.54) is 17.5 Å². The van der Waals surface area contributed by atoms with Crippen LogP contribution in [0.1, 0.15) is 23.4 Å². The molecule has 1 saturated heterocycles. The number of rotatable bonds is 6. The quantitative estimate of drug-likeness (QED) is 0.304. The number of guanidine groups is 1. The molecule has 0 radical (unpaired) electrons. The first kappa shape index (κ1) is 22.3. The van der Waals surface area contributed by atoms with E-state index in [1.807, 2.05) is 25.5 Å². The van der Waals surface area contributed by atoms with E-state index in [0.717, 1.165) is 37.8 Å². The Morgan fingerprint density at radius 1 is 1.07 bits per heavy atom. The summed E-state index contributed by atoms with van der Waals surface area (Å²) in [5, 5.41) is 3.52. The lowest BCUT2D eigenvalue weighted by atomic mass is 9.99. The molecule has 6 heteroatoms. The number of halogens is 1. The summed E-state index contributed by atoms with van der Waals surface area (Å²) in [6, 6.07) is 21.3. The minimum atomic E-state index is 0. The summed E-state index contributed by atoms with van der Waals surface area (Å²) >= 11 is 0. The Hall–Kier alpha value is -2.35. The van der Waals surface area contributed by atoms with Crippen molar-refractivity contribution in [2.45, 2.75) is 25.9 Å². The van der Waals surface area contributed by atoms with Crippen LogP contribution in [0.25, 0.3) is 0 Å². The highest BCUT2D eigenvalue weighted by atomic mass is 127. The van der Waals surface area contributed by atoms with Gasteiger partial charge in [0.15, 0.2) is 5.96 Å². The van der Waals surface area contributed by atoms with Crippen molar-refractivity contribution in [2.24, 2.45) is 10.9 Å². The fourth-order valence-corrected chi connectivity index (χ4v) is 4.06. The van der Waals surface area contributed by atoms with Crippen LogP contribution in [0, 0.1) is 5.92 Å². The van der Waals surface area contributed by atoms with Gasteiger partial charge in [-0.15, -0.1) is 24.0 Å². The van der Waals surface area contributed by atoms with Gasteiger partial charge < -0.3 is 14.8 Å². The van der Waals surface area contributed by atoms with Gasteiger partial charge in [-0.2, -0.15) is 0 Å². The maximum absolute atomic E-state index is 4.54. The molecule has 1 atom stereocenters. The monoisotopic (exact) mass is 515 g/mol. The molecule has 0 saturated carbocycles. The van der Waals surface area contributed by atoms with Crippen molar-refractivity contribution in [1.82, 2.24) is 19.8 Å². The van der Waals surface area contributed by atoms with Crippen LogP contribution in [0.4, 0.5) is 0 Å². The minimum Gasteiger partial charge on any atom is -0.349 e. The van der Waals surface area contributed by atoms with Gasteiger partial charge in [-0.25, -0.2) is 4.98 Å². The summed E-state index contributed by atoms with van der Waals surface area (Å²) in [5.41, 5.74) is 2.70. The molecular weight excluding hydrogens is 485 g/mol. The molecule has 158 valence electrons. The summed E-state index contributed by atoms with van der Waals surface area (Å²) in [6.07, 6.45) is 6.25. The first-order valence-corrected chi connectivity index (χ1v) is 10.4. The first-order chi connectivity index (χ1) is 14.3. The molecule has 1 fully saturated rings. The predicted octanol–water partition coefficient (Wildman–Crippen LogP) is 4.19. The molecule has 3 aromatic rings. The van der Waals surface area contributed by atoms with Gasteiger partial charge in [0.2, 0.25) is 0 Å². The van der Waals surface area contributed by atoms with E-state index in [0.29, 0.717) is 12.5 Å². The van der Waals surface area contributed by atoms with Gasteiger partial charge in [0.1, 0.15) is 5.82 Å². The molecule has 0 bridgehead atoms. The van der Waals surface area contributed by atoms with E-state index >= 15 is 0 Å². The second kappa shape index (κ2) is 11.2. The molecule has 1 aliphatic heterocycles. The van der Waals surface area contributed by atoms with Gasteiger partial charge in [-0.05, 0) is 29.9 Å². The number of hydrogen-bond acceptors (Lipinski definition) is 2. The van der Waals surface area contributed by atoms with Crippen LogP contribution >= 0.6 is 24.0 Å². The molecule has 2 aromatic carbocycles. The molecule has 0 amide bonds. The topological polar surface area (TPSA) is 45.5 Å². The fraction of sp³-hybridized carbons (Fsp3) is 0.333. The number of likely N-dealkylation sites (tertiary alicyclic amines) is 1. The van der Waals surface area contributed by atoms with Crippen molar-refractivity contribution < 1.29 is 0 Å². The molecule has 1 N–H and O–H groups in total. The van der Waals surface area contributed by atoms with Crippen LogP contribution in [0.2, 0.25) is 0 Å². The zero-order chi connectivity index (χ0) is 19.9. The Bertz CT molecular complexity index is 923. The summed E-state index contributed by atoms with van der Waals surface area (Å²) in [6.45, 7) is 3.61. The van der Waals surface area contributed by atoms with Gasteiger partial charge in [-0.1, -0.05) is 60.7 Å². The molecule has 4 rings (SSSR count). The van der Waals surface area contributed by atoms with E-state index in [9.17, 15) is 0 Å². The lowest BCUT2D eigenvalue weighted by molar-refractivity contribution is 0.458. The van der Waals surface area contributed by atoms with Crippen molar-refractivity contribution in [3.8, 4) is 0 Å². The van der Waals surface area contributed by atoms with E-state index < -0.39 is 0 Å². The Morgan fingerprint density at radius 2 is 1.77 bits per heavy atom. The number of nitrogens with zero attached hydrogens (tertiary/aromatic N) is 4. The fourth-order valence-electron chi connectivity index (χ4n) is 4.06. The lowest BCUT2D eigenvalue weighted by Crippen LogP contribution is -2.40. The van der Waals surface area contributed by atoms with Crippen molar-refractivity contribution >= 4 is 29.9 Å². The zero-order valence-electron chi connectivity index (χ0n) is 17.4. The lowest BCUT2D eigenvalue weighted by Gasteiger charge is -2.22. The molecule has 5 nitrogen and oxygen atoms in total. The van der Waals surface area contributed by atoms with Crippen molar-refractivity contribution in [1.29, 1.82) is 0 Å². The normalized spacial score (nSPS) is 16.4. The Balaban J connectivity index is 0.00000256. The van der Waals surface area contributed by atoms with Crippen LogP contribution in [-0.4, -0.2) is 40.5 Å². The molecule has 0 spiro atoms. The highest BCUT2D eigenvalue weighted by Crippen LogP contribution is 2.21. The Labute approximate surface area is 196 Å². The van der Waals surface area contributed by atoms with Crippen molar-refractivity contribution in [3.63, 3.8) is 0 Å². The van der Waals surface area contributed by atoms with Crippen LogP contribution in [0.3, 0.4) is 0 Å². The summed E-state index contributed by atoms with van der Waals surface area (Å²) < 4.78 is 2.19. The third kappa shape index (κ3) is 5.84. The number of aliphatic imine (C=N–C) groups is 1. The summed E-state index contributed by atoms with van der Waals surface area (Å²) in [5.74, 6) is 2.67. The highest BCUT2D eigenvalue weighted by molar-refractivity contribution is 14.0. The van der Waals surface area contributed by atoms with Crippen molar-refractivity contribution in [3.05, 3.63) is 90.0 Å². The maximum atomic E-state index is 4.54. The number of benzene rings is 2. The van der Waals surface area contributed by atoms with Crippen LogP contribution < -0.4 is 5.32 Å². The SMILES string of the molecule is CN=C(NCc1nccn1Cc1ccccc1)N1CCC(Cc2ccccc2)C1.I. The van der Waals surface area contributed by atoms with Gasteiger partial charge in [0.05, 0.1) is 6.54 Å². The second-order valence-corrected chi connectivity index (χ2v) is 7.65. The van der Waals surface area contributed by atoms with Crippen molar-refractivity contribution in [2.75, 3.05) is 20.1 Å². The number of hydrogen-bond donors (Lipinski definition) is 1. The Kier molecular flexibility index (Phi) is 8.30. The average molecular weight is 515 g/mol. The van der Waals surface area contributed by atoms with E-state index in [-0.39, 0.29) is 24.0 Å². The largest absolute Gasteiger partial charge is 0.349 e. The molecular formula is C24H30IN5. The summed E-state index contributed by atoms with van der Waals surface area (Å²) in [4.78, 5) is 11.4. The van der Waals surface area contributed by atoms with Gasteiger partial charge in [0, 0.05) is 39.1 Å². The highest BCUT2D eigenvalue weighted by Gasteiger charge is 2.25. The van der Waals surface area contributed by atoms with Crippen LogP contribution in [0.15, 0.2) is 78.0 Å². The molecule has 30 heavy (non-hydrogen) atoms. The molecule has 1 unspecified atom stereocenters. The molecule has 2 heterocycles. The third-order valence-corrected chi connectivity index (χ3v) is 5.57. The molecule has 0 aliphatic carbocycles. The Morgan fingerprint density at radius 3 is 2.47 bits per heavy atom. The minimum absolute atomic E-state index is 0. The number of imidazole rings is 1. The van der Waals surface area contributed by atoms with Crippen LogP contribution in [0.5, 0.6) is 0 Å². The van der Waals surface area contributed by atoms with E-state index in [2.05, 4.69) is 79.4 Å². The number of nitrogens with one attached hydrogen (secondary N) is 1. The maximum Gasteiger partial charge on any atom is 0.194 e. The van der Waals surface area contributed by atoms with Gasteiger partial charge in [0.25, 0.3) is 0 Å². The van der Waals surface area contributed by atoms with Gasteiger partial charge in [-0.3, -0.25) is 4.99 Å². The first-order valence-electron chi connectivity index (χ1n) is 10.4. The molecule has 1 aliphatic rings. The predicted molar refractivity (Wildman–Crippen MR) is 133 cm³/mol. The summed E-state index contributed by atoms with van der Waals surface area (Å²) in [7, 11) is 1.86. The third-order valence-electron chi connectivity index (χ3n) is 5.57. The smallest absolute Gasteiger partial charge is 0.194 e. The van der Waals surface area contributed by atoms with E-state index in [1.54, 1.807) is 0 Å². The molecule has 1 aromatic heterocycles. The number of aromatic nitrogens is 2. The van der Waals surface area contributed by atoms with E-state index in [4.69, 9.17) is 0 Å². The van der Waals surface area contributed by atoms with Gasteiger partial charge >= 0.3 is 0 Å². The second-order valence-electron chi connectivity index (χ2n) is 7.65.